The molecule has 146 valence electrons. The van der Waals surface area contributed by atoms with Crippen LogP contribution in [0.2, 0.25) is 5.02 Å². The molecule has 0 saturated carbocycles. The van der Waals surface area contributed by atoms with Crippen LogP contribution in [0.25, 0.3) is 10.4 Å². The molecule has 0 radical (unpaired) electrons. The van der Waals surface area contributed by atoms with E-state index in [0.717, 1.165) is 43.3 Å². The van der Waals surface area contributed by atoms with Gasteiger partial charge in [-0.3, -0.25) is 14.4 Å². The smallest absolute Gasteiger partial charge is 0.224 e. The van der Waals surface area contributed by atoms with Gasteiger partial charge < -0.3 is 4.90 Å². The summed E-state index contributed by atoms with van der Waals surface area (Å²) >= 11 is 7.91. The molecule has 6 nitrogen and oxygen atoms in total. The highest BCUT2D eigenvalue weighted by Crippen LogP contribution is 2.30. The number of piperazine rings is 1. The van der Waals surface area contributed by atoms with E-state index in [1.807, 2.05) is 23.1 Å². The molecule has 8 heteroatoms. The number of nitrogens with zero attached hydrogens (tertiary/aromatic N) is 5. The van der Waals surface area contributed by atoms with Crippen LogP contribution in [0.15, 0.2) is 49.1 Å². The first-order chi connectivity index (χ1) is 13.7. The SMILES string of the molecule is O=C(CCn1cncn1)N1CCN(Cc2ccc(-c3cccc(Cl)c3)s2)CC1. The van der Waals surface area contributed by atoms with Gasteiger partial charge in [-0.05, 0) is 29.8 Å². The van der Waals surface area contributed by atoms with Crippen molar-refractivity contribution in [1.29, 1.82) is 0 Å². The number of benzene rings is 1. The van der Waals surface area contributed by atoms with Crippen molar-refractivity contribution < 1.29 is 4.79 Å². The van der Waals surface area contributed by atoms with E-state index in [1.165, 1.54) is 16.1 Å². The monoisotopic (exact) mass is 415 g/mol. The highest BCUT2D eigenvalue weighted by molar-refractivity contribution is 7.15. The Morgan fingerprint density at radius 1 is 1.14 bits per heavy atom. The summed E-state index contributed by atoms with van der Waals surface area (Å²) in [5.41, 5.74) is 1.16. The van der Waals surface area contributed by atoms with E-state index < -0.39 is 0 Å². The molecule has 2 aromatic heterocycles. The minimum absolute atomic E-state index is 0.189. The number of carbonyl (C=O) groups excluding carboxylic acids is 1. The number of aromatic nitrogens is 3. The van der Waals surface area contributed by atoms with E-state index in [-0.39, 0.29) is 5.91 Å². The average molecular weight is 416 g/mol. The molecule has 0 bridgehead atoms. The molecule has 1 saturated heterocycles. The second kappa shape index (κ2) is 8.86. The highest BCUT2D eigenvalue weighted by atomic mass is 35.5. The van der Waals surface area contributed by atoms with Gasteiger partial charge in [0.1, 0.15) is 12.7 Å². The van der Waals surface area contributed by atoms with E-state index in [4.69, 9.17) is 11.6 Å². The Hall–Kier alpha value is -2.22. The van der Waals surface area contributed by atoms with Crippen LogP contribution in [0.5, 0.6) is 0 Å². The molecular weight excluding hydrogens is 394 g/mol. The van der Waals surface area contributed by atoms with Gasteiger partial charge in [-0.2, -0.15) is 5.10 Å². The van der Waals surface area contributed by atoms with E-state index in [9.17, 15) is 4.79 Å². The topological polar surface area (TPSA) is 54.3 Å². The lowest BCUT2D eigenvalue weighted by Gasteiger charge is -2.34. The van der Waals surface area contributed by atoms with Crippen molar-refractivity contribution >= 4 is 28.8 Å². The summed E-state index contributed by atoms with van der Waals surface area (Å²) in [5, 5.41) is 4.80. The zero-order chi connectivity index (χ0) is 19.3. The molecule has 1 fully saturated rings. The number of aryl methyl sites for hydroxylation is 1. The van der Waals surface area contributed by atoms with Crippen molar-refractivity contribution in [3.05, 3.63) is 59.0 Å². The number of carbonyl (C=O) groups is 1. The zero-order valence-corrected chi connectivity index (χ0v) is 17.1. The van der Waals surface area contributed by atoms with Crippen molar-refractivity contribution in [3.63, 3.8) is 0 Å². The third-order valence-corrected chi connectivity index (χ3v) is 6.25. The molecule has 4 rings (SSSR count). The number of rotatable bonds is 6. The fraction of sp³-hybridized carbons (Fsp3) is 0.350. The lowest BCUT2D eigenvalue weighted by atomic mass is 10.2. The van der Waals surface area contributed by atoms with Gasteiger partial charge in [-0.1, -0.05) is 23.7 Å². The molecule has 1 aliphatic heterocycles. The normalized spacial score (nSPS) is 15.1. The molecule has 1 amide bonds. The molecule has 1 aromatic carbocycles. The lowest BCUT2D eigenvalue weighted by molar-refractivity contribution is -0.133. The first-order valence-corrected chi connectivity index (χ1v) is 10.5. The van der Waals surface area contributed by atoms with Crippen LogP contribution in [0, 0.1) is 0 Å². The van der Waals surface area contributed by atoms with Crippen molar-refractivity contribution in [2.45, 2.75) is 19.5 Å². The number of hydrogen-bond donors (Lipinski definition) is 0. The molecule has 0 atom stereocenters. The van der Waals surface area contributed by atoms with Gasteiger partial charge in [0, 0.05) is 53.9 Å². The van der Waals surface area contributed by atoms with E-state index in [2.05, 4.69) is 33.2 Å². The molecule has 0 aliphatic carbocycles. The molecule has 0 N–H and O–H groups in total. The average Bonchev–Trinajstić information content (AvgIpc) is 3.39. The van der Waals surface area contributed by atoms with Crippen molar-refractivity contribution in [3.8, 4) is 10.4 Å². The van der Waals surface area contributed by atoms with Crippen LogP contribution < -0.4 is 0 Å². The lowest BCUT2D eigenvalue weighted by Crippen LogP contribution is -2.48. The van der Waals surface area contributed by atoms with E-state index in [1.54, 1.807) is 22.3 Å². The maximum atomic E-state index is 12.4. The number of amides is 1. The summed E-state index contributed by atoms with van der Waals surface area (Å²) in [6, 6.07) is 12.3. The third kappa shape index (κ3) is 4.79. The summed E-state index contributed by atoms with van der Waals surface area (Å²) in [6.07, 6.45) is 3.60. The summed E-state index contributed by atoms with van der Waals surface area (Å²) < 4.78 is 1.70. The van der Waals surface area contributed by atoms with Crippen molar-refractivity contribution in [1.82, 2.24) is 24.6 Å². The number of halogens is 1. The fourth-order valence-electron chi connectivity index (χ4n) is 3.35. The Morgan fingerprint density at radius 2 is 2.00 bits per heavy atom. The van der Waals surface area contributed by atoms with Crippen LogP contribution in [-0.2, 0) is 17.9 Å². The summed E-state index contributed by atoms with van der Waals surface area (Å²) in [6.45, 7) is 4.87. The summed E-state index contributed by atoms with van der Waals surface area (Å²) in [7, 11) is 0. The van der Waals surface area contributed by atoms with Crippen LogP contribution in [-0.4, -0.2) is 56.7 Å². The molecule has 3 aromatic rings. The Labute approximate surface area is 173 Å². The maximum absolute atomic E-state index is 12.4. The van der Waals surface area contributed by atoms with Crippen LogP contribution in [0.1, 0.15) is 11.3 Å². The van der Waals surface area contributed by atoms with E-state index >= 15 is 0 Å². The number of thiophene rings is 1. The first-order valence-electron chi connectivity index (χ1n) is 9.34. The Kier molecular flexibility index (Phi) is 6.04. The fourth-order valence-corrected chi connectivity index (χ4v) is 4.59. The third-order valence-electron chi connectivity index (χ3n) is 4.90. The van der Waals surface area contributed by atoms with E-state index in [0.29, 0.717) is 13.0 Å². The second-order valence-corrected chi connectivity index (χ2v) is 8.45. The minimum atomic E-state index is 0.189. The summed E-state index contributed by atoms with van der Waals surface area (Å²) in [5.74, 6) is 0.189. The predicted octanol–water partition coefficient (Wildman–Crippen LogP) is 3.39. The summed E-state index contributed by atoms with van der Waals surface area (Å²) in [4.78, 5) is 23.2. The Morgan fingerprint density at radius 3 is 2.75 bits per heavy atom. The van der Waals surface area contributed by atoms with Crippen molar-refractivity contribution in [2.24, 2.45) is 0 Å². The molecule has 0 unspecified atom stereocenters. The van der Waals surface area contributed by atoms with Gasteiger partial charge in [0.15, 0.2) is 0 Å². The molecule has 28 heavy (non-hydrogen) atoms. The van der Waals surface area contributed by atoms with Crippen molar-refractivity contribution in [2.75, 3.05) is 26.2 Å². The first kappa shape index (κ1) is 19.1. The second-order valence-electron chi connectivity index (χ2n) is 6.84. The standard InChI is InChI=1S/C20H22ClN5OS/c21-17-3-1-2-16(12-17)19-5-4-18(28-19)13-24-8-10-25(11-9-24)20(27)6-7-26-15-22-14-23-26/h1-5,12,14-15H,6-11,13H2. The van der Waals surface area contributed by atoms with Gasteiger partial charge in [0.05, 0.1) is 6.54 Å². The van der Waals surface area contributed by atoms with Gasteiger partial charge in [-0.15, -0.1) is 11.3 Å². The Bertz CT molecular complexity index is 918. The van der Waals surface area contributed by atoms with Crippen LogP contribution >= 0.6 is 22.9 Å². The minimum Gasteiger partial charge on any atom is -0.340 e. The largest absolute Gasteiger partial charge is 0.340 e. The van der Waals surface area contributed by atoms with Crippen LogP contribution in [0.3, 0.4) is 0 Å². The number of hydrogen-bond acceptors (Lipinski definition) is 5. The molecular formula is C20H22ClN5OS. The molecule has 1 aliphatic rings. The van der Waals surface area contributed by atoms with Crippen LogP contribution in [0.4, 0.5) is 0 Å². The predicted molar refractivity (Wildman–Crippen MR) is 111 cm³/mol. The van der Waals surface area contributed by atoms with Gasteiger partial charge in [-0.25, -0.2) is 4.98 Å². The van der Waals surface area contributed by atoms with Gasteiger partial charge >= 0.3 is 0 Å². The zero-order valence-electron chi connectivity index (χ0n) is 15.5. The molecule has 0 spiro atoms. The quantitative estimate of drug-likeness (QED) is 0.619. The maximum Gasteiger partial charge on any atom is 0.224 e. The van der Waals surface area contributed by atoms with Gasteiger partial charge in [0.25, 0.3) is 0 Å². The highest BCUT2D eigenvalue weighted by Gasteiger charge is 2.21. The molecule has 3 heterocycles. The Balaban J connectivity index is 1.26. The van der Waals surface area contributed by atoms with Gasteiger partial charge in [0.2, 0.25) is 5.91 Å².